The Kier molecular flexibility index (Phi) is 6.36. The van der Waals surface area contributed by atoms with Crippen molar-refractivity contribution in [3.63, 3.8) is 0 Å². The lowest BCUT2D eigenvalue weighted by Gasteiger charge is -2.14. The second-order valence-corrected chi connectivity index (χ2v) is 5.46. The lowest BCUT2D eigenvalue weighted by Crippen LogP contribution is -2.42. The summed E-state index contributed by atoms with van der Waals surface area (Å²) in [5.74, 6) is 0.624. The summed E-state index contributed by atoms with van der Waals surface area (Å²) in [5, 5.41) is 10.4. The average Bonchev–Trinajstić information content (AvgIpc) is 3.12. The summed E-state index contributed by atoms with van der Waals surface area (Å²) in [5.41, 5.74) is 2.06. The number of hydrogen-bond acceptors (Lipinski definition) is 3. The molecule has 1 aromatic carbocycles. The molecule has 2 N–H and O–H groups in total. The van der Waals surface area contributed by atoms with Gasteiger partial charge in [-0.15, -0.1) is 0 Å². The van der Waals surface area contributed by atoms with Gasteiger partial charge in [-0.1, -0.05) is 12.1 Å². The first kappa shape index (κ1) is 17.5. The molecule has 0 atom stereocenters. The molecule has 0 saturated carbocycles. The van der Waals surface area contributed by atoms with E-state index < -0.39 is 0 Å². The number of carbonyl (C=O) groups excluding carboxylic acids is 1. The SMILES string of the molecule is CCNC(=NCc1cccc(-n2cccn2)c1)NCC(=O)N(C)C. The fourth-order valence-corrected chi connectivity index (χ4v) is 2.05. The summed E-state index contributed by atoms with van der Waals surface area (Å²) in [7, 11) is 3.46. The summed E-state index contributed by atoms with van der Waals surface area (Å²) in [4.78, 5) is 17.7. The summed E-state index contributed by atoms with van der Waals surface area (Å²) in [6.45, 7) is 3.45. The van der Waals surface area contributed by atoms with Gasteiger partial charge in [0, 0.05) is 33.0 Å². The van der Waals surface area contributed by atoms with Gasteiger partial charge in [-0.25, -0.2) is 9.67 Å². The van der Waals surface area contributed by atoms with Gasteiger partial charge in [0.25, 0.3) is 0 Å². The van der Waals surface area contributed by atoms with Crippen LogP contribution in [0.4, 0.5) is 0 Å². The molecule has 0 saturated heterocycles. The minimum absolute atomic E-state index is 0.00119. The van der Waals surface area contributed by atoms with E-state index in [9.17, 15) is 4.79 Å². The molecule has 0 radical (unpaired) electrons. The number of rotatable bonds is 6. The molecule has 1 aromatic heterocycles. The van der Waals surface area contributed by atoms with Crippen molar-refractivity contribution in [2.75, 3.05) is 27.2 Å². The van der Waals surface area contributed by atoms with Crippen molar-refractivity contribution in [1.82, 2.24) is 25.3 Å². The maximum absolute atomic E-state index is 11.7. The zero-order chi connectivity index (χ0) is 17.4. The summed E-state index contributed by atoms with van der Waals surface area (Å²) < 4.78 is 1.81. The standard InChI is InChI=1S/C17H24N6O/c1-4-18-17(20-13-16(24)22(2)3)19-12-14-7-5-8-15(11-14)23-10-6-9-21-23/h5-11H,4,12-13H2,1-3H3,(H2,18,19,20). The van der Waals surface area contributed by atoms with Gasteiger partial charge >= 0.3 is 0 Å². The number of nitrogens with one attached hydrogen (secondary N) is 2. The molecule has 0 unspecified atom stereocenters. The smallest absolute Gasteiger partial charge is 0.241 e. The zero-order valence-corrected chi connectivity index (χ0v) is 14.4. The third-order valence-corrected chi connectivity index (χ3v) is 3.35. The van der Waals surface area contributed by atoms with Crippen LogP contribution in [0.15, 0.2) is 47.7 Å². The highest BCUT2D eigenvalue weighted by Crippen LogP contribution is 2.10. The van der Waals surface area contributed by atoms with Crippen molar-refractivity contribution < 1.29 is 4.79 Å². The van der Waals surface area contributed by atoms with Crippen LogP contribution in [0.5, 0.6) is 0 Å². The first-order valence-corrected chi connectivity index (χ1v) is 7.91. The van der Waals surface area contributed by atoms with Crippen LogP contribution in [0.2, 0.25) is 0 Å². The molecule has 0 fully saturated rings. The number of aromatic nitrogens is 2. The predicted molar refractivity (Wildman–Crippen MR) is 95.1 cm³/mol. The Bertz CT molecular complexity index is 678. The summed E-state index contributed by atoms with van der Waals surface area (Å²) in [6, 6.07) is 9.94. The van der Waals surface area contributed by atoms with Crippen molar-refractivity contribution in [3.05, 3.63) is 48.3 Å². The quantitative estimate of drug-likeness (QED) is 0.613. The maximum Gasteiger partial charge on any atom is 0.241 e. The van der Waals surface area contributed by atoms with Gasteiger partial charge < -0.3 is 15.5 Å². The van der Waals surface area contributed by atoms with E-state index in [0.29, 0.717) is 12.5 Å². The number of benzene rings is 1. The molecule has 128 valence electrons. The van der Waals surface area contributed by atoms with Gasteiger partial charge in [0.15, 0.2) is 5.96 Å². The van der Waals surface area contributed by atoms with Crippen molar-refractivity contribution in [3.8, 4) is 5.69 Å². The number of guanidine groups is 1. The predicted octanol–water partition coefficient (Wildman–Crippen LogP) is 1.02. The number of hydrogen-bond donors (Lipinski definition) is 2. The normalized spacial score (nSPS) is 11.2. The van der Waals surface area contributed by atoms with E-state index in [-0.39, 0.29) is 12.5 Å². The Hall–Kier alpha value is -2.83. The minimum atomic E-state index is 0.00119. The van der Waals surface area contributed by atoms with Gasteiger partial charge in [0.2, 0.25) is 5.91 Å². The topological polar surface area (TPSA) is 74.5 Å². The zero-order valence-electron chi connectivity index (χ0n) is 14.4. The highest BCUT2D eigenvalue weighted by atomic mass is 16.2. The summed E-state index contributed by atoms with van der Waals surface area (Å²) >= 11 is 0. The Balaban J connectivity index is 2.03. The van der Waals surface area contributed by atoms with Crippen molar-refractivity contribution >= 4 is 11.9 Å². The molecule has 0 aliphatic carbocycles. The fourth-order valence-electron chi connectivity index (χ4n) is 2.05. The summed E-state index contributed by atoms with van der Waals surface area (Å²) in [6.07, 6.45) is 3.65. The molecule has 0 bridgehead atoms. The number of amides is 1. The first-order valence-electron chi connectivity index (χ1n) is 7.91. The number of likely N-dealkylation sites (N-methyl/N-ethyl adjacent to an activating group) is 1. The molecule has 24 heavy (non-hydrogen) atoms. The fraction of sp³-hybridized carbons (Fsp3) is 0.353. The molecule has 1 heterocycles. The third-order valence-electron chi connectivity index (χ3n) is 3.35. The highest BCUT2D eigenvalue weighted by molar-refractivity contribution is 5.86. The monoisotopic (exact) mass is 328 g/mol. The van der Waals surface area contributed by atoms with Crippen LogP contribution >= 0.6 is 0 Å². The van der Waals surface area contributed by atoms with Crippen molar-refractivity contribution in [1.29, 1.82) is 0 Å². The molecule has 7 nitrogen and oxygen atoms in total. The van der Waals surface area contributed by atoms with Gasteiger partial charge in [-0.2, -0.15) is 5.10 Å². The van der Waals surface area contributed by atoms with Crippen LogP contribution in [0.3, 0.4) is 0 Å². The van der Waals surface area contributed by atoms with Crippen LogP contribution in [0, 0.1) is 0 Å². The molecule has 1 amide bonds. The van der Waals surface area contributed by atoms with Gasteiger partial charge in [0.05, 0.1) is 18.8 Å². The third kappa shape index (κ3) is 5.12. The van der Waals surface area contributed by atoms with Crippen LogP contribution in [0.1, 0.15) is 12.5 Å². The van der Waals surface area contributed by atoms with E-state index in [4.69, 9.17) is 0 Å². The molecule has 0 aliphatic rings. The molecular weight excluding hydrogens is 304 g/mol. The van der Waals surface area contributed by atoms with Crippen LogP contribution in [-0.4, -0.2) is 53.7 Å². The van der Waals surface area contributed by atoms with Gasteiger partial charge in [-0.3, -0.25) is 4.79 Å². The van der Waals surface area contributed by atoms with Crippen molar-refractivity contribution in [2.45, 2.75) is 13.5 Å². The van der Waals surface area contributed by atoms with Crippen LogP contribution in [-0.2, 0) is 11.3 Å². The molecule has 7 heteroatoms. The highest BCUT2D eigenvalue weighted by Gasteiger charge is 2.05. The van der Waals surface area contributed by atoms with E-state index in [1.54, 1.807) is 25.2 Å². The minimum Gasteiger partial charge on any atom is -0.357 e. The van der Waals surface area contributed by atoms with E-state index >= 15 is 0 Å². The number of carbonyl (C=O) groups is 1. The van der Waals surface area contributed by atoms with Gasteiger partial charge in [0.1, 0.15) is 0 Å². The van der Waals surface area contributed by atoms with E-state index in [1.165, 1.54) is 0 Å². The van der Waals surface area contributed by atoms with Crippen molar-refractivity contribution in [2.24, 2.45) is 4.99 Å². The Morgan fingerprint density at radius 3 is 2.79 bits per heavy atom. The number of nitrogens with zero attached hydrogens (tertiary/aromatic N) is 4. The molecule has 0 spiro atoms. The molecule has 2 aromatic rings. The molecule has 2 rings (SSSR count). The lowest BCUT2D eigenvalue weighted by atomic mass is 10.2. The Morgan fingerprint density at radius 1 is 1.29 bits per heavy atom. The molecular formula is C17H24N6O. The van der Waals surface area contributed by atoms with E-state index in [1.807, 2.05) is 48.1 Å². The first-order chi connectivity index (χ1) is 11.6. The second-order valence-electron chi connectivity index (χ2n) is 5.46. The van der Waals surface area contributed by atoms with E-state index in [2.05, 4.69) is 20.7 Å². The van der Waals surface area contributed by atoms with E-state index in [0.717, 1.165) is 17.8 Å². The molecule has 0 aliphatic heterocycles. The lowest BCUT2D eigenvalue weighted by molar-refractivity contribution is -0.127. The Labute approximate surface area is 142 Å². The average molecular weight is 328 g/mol. The largest absolute Gasteiger partial charge is 0.357 e. The van der Waals surface area contributed by atoms with Crippen LogP contribution < -0.4 is 10.6 Å². The second kappa shape index (κ2) is 8.71. The van der Waals surface area contributed by atoms with Gasteiger partial charge in [-0.05, 0) is 30.7 Å². The van der Waals surface area contributed by atoms with Crippen LogP contribution in [0.25, 0.3) is 5.69 Å². The Morgan fingerprint density at radius 2 is 2.12 bits per heavy atom. The maximum atomic E-state index is 11.7. The number of aliphatic imine (C=N–C) groups is 1.